The zero-order valence-corrected chi connectivity index (χ0v) is 10.5. The summed E-state index contributed by atoms with van der Waals surface area (Å²) in [4.78, 5) is 10.5. The van der Waals surface area contributed by atoms with E-state index < -0.39 is 21.3 Å². The average molecular weight is 217 g/mol. The van der Waals surface area contributed by atoms with Crippen molar-refractivity contribution in [3.05, 3.63) is 12.2 Å². The summed E-state index contributed by atoms with van der Waals surface area (Å²) in [6, 6.07) is 0. The molecule has 0 rings (SSSR count). The molecule has 0 aromatic carbocycles. The van der Waals surface area contributed by atoms with Gasteiger partial charge < -0.3 is 7.16 Å². The molecule has 0 saturated carbocycles. The summed E-state index contributed by atoms with van der Waals surface area (Å²) in [7, 11) is -4.26. The van der Waals surface area contributed by atoms with Crippen molar-refractivity contribution >= 4 is 16.0 Å². The second-order valence-electron chi connectivity index (χ2n) is 2.30. The molecule has 5 nitrogen and oxygen atoms in total. The van der Waals surface area contributed by atoms with Gasteiger partial charge in [0.25, 0.3) is 10.1 Å². The van der Waals surface area contributed by atoms with Gasteiger partial charge in [0.1, 0.15) is 5.25 Å². The molecule has 13 heavy (non-hydrogen) atoms. The maximum atomic E-state index is 10.6. The van der Waals surface area contributed by atoms with Gasteiger partial charge in [-0.25, -0.2) is 0 Å². The topological polar surface area (TPSA) is 97.5 Å². The Morgan fingerprint density at radius 3 is 2.15 bits per heavy atom. The fourth-order valence-corrected chi connectivity index (χ4v) is 1.69. The van der Waals surface area contributed by atoms with Gasteiger partial charge in [0.15, 0.2) is 0 Å². The summed E-state index contributed by atoms with van der Waals surface area (Å²) in [5.74, 6) is -0.917. The molecule has 7 heteroatoms. The Balaban J connectivity index is -0.000000605. The Labute approximate surface area is 101 Å². The van der Waals surface area contributed by atoms with Crippen LogP contribution in [-0.4, -0.2) is 24.1 Å². The van der Waals surface area contributed by atoms with Crippen LogP contribution in [0.15, 0.2) is 12.2 Å². The van der Waals surface area contributed by atoms with E-state index in [1.54, 1.807) is 0 Å². The van der Waals surface area contributed by atoms with E-state index >= 15 is 0 Å². The summed E-state index contributed by atoms with van der Waals surface area (Å²) in [5.41, 5.74) is 4.50. The third-order valence-electron chi connectivity index (χ3n) is 1.44. The monoisotopic (exact) mass is 217 g/mol. The number of carbonyl (C=O) groups is 1. The molecule has 0 bridgehead atoms. The van der Waals surface area contributed by atoms with Gasteiger partial charge in [0.2, 0.25) is 5.91 Å². The van der Waals surface area contributed by atoms with Crippen molar-refractivity contribution < 1.29 is 48.7 Å². The van der Waals surface area contributed by atoms with Crippen LogP contribution < -0.4 is 35.3 Å². The zero-order chi connectivity index (χ0) is 9.94. The van der Waals surface area contributed by atoms with Crippen molar-refractivity contribution in [1.82, 2.24) is 0 Å². The summed E-state index contributed by atoms with van der Waals surface area (Å²) >= 11 is 0. The number of nitrogens with two attached hydrogens (primary N) is 1. The summed E-state index contributed by atoms with van der Waals surface area (Å²) < 4.78 is 29.8. The van der Waals surface area contributed by atoms with E-state index in [0.29, 0.717) is 0 Å². The zero-order valence-electron chi connectivity index (χ0n) is 8.65. The first-order valence-corrected chi connectivity index (χ1v) is 4.76. The Hall–Kier alpha value is 0.120. The van der Waals surface area contributed by atoms with Crippen LogP contribution >= 0.6 is 0 Å². The van der Waals surface area contributed by atoms with E-state index in [-0.39, 0.29) is 43.0 Å². The standard InChI is InChI=1S/C6H11NO4S.Na.H/c1-3-5(12(9,10)11)4(2)6(7)8;;/h5H,2-3H2,1H3,(H2,7,8)(H,9,10,11);;/q;+1;-1. The van der Waals surface area contributed by atoms with Gasteiger partial charge >= 0.3 is 29.6 Å². The minimum atomic E-state index is -4.26. The number of hydrogen-bond acceptors (Lipinski definition) is 3. The van der Waals surface area contributed by atoms with Crippen molar-refractivity contribution in [2.75, 3.05) is 0 Å². The van der Waals surface area contributed by atoms with Gasteiger partial charge in [0, 0.05) is 5.57 Å². The first-order chi connectivity index (χ1) is 5.30. The van der Waals surface area contributed by atoms with E-state index in [9.17, 15) is 13.2 Å². The van der Waals surface area contributed by atoms with Crippen LogP contribution in [0.2, 0.25) is 0 Å². The fraction of sp³-hybridized carbons (Fsp3) is 0.500. The second kappa shape index (κ2) is 5.77. The Morgan fingerprint density at radius 2 is 2.08 bits per heavy atom. The normalized spacial score (nSPS) is 12.8. The molecule has 0 spiro atoms. The molecule has 0 radical (unpaired) electrons. The minimum absolute atomic E-state index is 0. The summed E-state index contributed by atoms with van der Waals surface area (Å²) in [6.07, 6.45) is 0.0700. The van der Waals surface area contributed by atoms with Gasteiger partial charge in [-0.3, -0.25) is 9.35 Å². The van der Waals surface area contributed by atoms with Crippen LogP contribution in [0, 0.1) is 0 Å². The molecule has 3 N–H and O–H groups in total. The van der Waals surface area contributed by atoms with Gasteiger partial charge in [-0.15, -0.1) is 0 Å². The maximum Gasteiger partial charge on any atom is 1.00 e. The molecule has 72 valence electrons. The van der Waals surface area contributed by atoms with Crippen molar-refractivity contribution in [1.29, 1.82) is 0 Å². The summed E-state index contributed by atoms with van der Waals surface area (Å²) in [5, 5.41) is -1.28. The first kappa shape index (κ1) is 15.6. The molecule has 0 fully saturated rings. The molecule has 0 heterocycles. The average Bonchev–Trinajstić information content (AvgIpc) is 1.85. The van der Waals surface area contributed by atoms with Crippen LogP contribution in [0.1, 0.15) is 14.8 Å². The van der Waals surface area contributed by atoms with Crippen molar-refractivity contribution in [3.63, 3.8) is 0 Å². The van der Waals surface area contributed by atoms with Crippen LogP contribution in [0.3, 0.4) is 0 Å². The third-order valence-corrected chi connectivity index (χ3v) is 2.77. The van der Waals surface area contributed by atoms with Crippen LogP contribution in [-0.2, 0) is 14.9 Å². The fourth-order valence-electron chi connectivity index (χ4n) is 0.795. The smallest absolute Gasteiger partial charge is 1.00 e. The molecule has 0 aliphatic heterocycles. The van der Waals surface area contributed by atoms with E-state index in [0.717, 1.165) is 0 Å². The maximum absolute atomic E-state index is 10.6. The molecule has 0 aromatic rings. The number of amides is 1. The van der Waals surface area contributed by atoms with Gasteiger partial charge in [-0.1, -0.05) is 13.5 Å². The number of primary amides is 1. The Morgan fingerprint density at radius 1 is 1.69 bits per heavy atom. The molecular formula is C6H12NNaO4S. The molecule has 0 saturated heterocycles. The third kappa shape index (κ3) is 4.78. The van der Waals surface area contributed by atoms with Crippen LogP contribution in [0.5, 0.6) is 0 Å². The number of carbonyl (C=O) groups excluding carboxylic acids is 1. The first-order valence-electron chi connectivity index (χ1n) is 3.25. The molecule has 0 aromatic heterocycles. The van der Waals surface area contributed by atoms with Crippen LogP contribution in [0.4, 0.5) is 0 Å². The predicted octanol–water partition coefficient (Wildman–Crippen LogP) is -3.19. The summed E-state index contributed by atoms with van der Waals surface area (Å²) in [6.45, 7) is 4.68. The predicted molar refractivity (Wildman–Crippen MR) is 45.1 cm³/mol. The minimum Gasteiger partial charge on any atom is -1.00 e. The molecule has 1 atom stereocenters. The van der Waals surface area contributed by atoms with Gasteiger partial charge in [0.05, 0.1) is 0 Å². The van der Waals surface area contributed by atoms with Gasteiger partial charge in [-0.05, 0) is 6.42 Å². The van der Waals surface area contributed by atoms with Gasteiger partial charge in [-0.2, -0.15) is 8.42 Å². The molecule has 0 aliphatic rings. The number of hydrogen-bond donors (Lipinski definition) is 2. The van der Waals surface area contributed by atoms with E-state index in [1.165, 1.54) is 6.92 Å². The van der Waals surface area contributed by atoms with Crippen molar-refractivity contribution in [3.8, 4) is 0 Å². The largest absolute Gasteiger partial charge is 1.00 e. The quantitative estimate of drug-likeness (QED) is 0.294. The van der Waals surface area contributed by atoms with E-state index in [1.807, 2.05) is 0 Å². The molecule has 1 amide bonds. The van der Waals surface area contributed by atoms with E-state index in [4.69, 9.17) is 10.3 Å². The second-order valence-corrected chi connectivity index (χ2v) is 3.90. The molecular weight excluding hydrogens is 205 g/mol. The van der Waals surface area contributed by atoms with Crippen molar-refractivity contribution in [2.24, 2.45) is 5.73 Å². The van der Waals surface area contributed by atoms with Crippen LogP contribution in [0.25, 0.3) is 0 Å². The van der Waals surface area contributed by atoms with Crippen molar-refractivity contribution in [2.45, 2.75) is 18.6 Å². The molecule has 1 unspecified atom stereocenters. The van der Waals surface area contributed by atoms with E-state index in [2.05, 4.69) is 6.58 Å². The Bertz CT molecular complexity index is 303. The SMILES string of the molecule is C=C(C(N)=O)C(CC)S(=O)(=O)O.[H-].[Na+]. The molecule has 0 aliphatic carbocycles. The number of rotatable bonds is 4. The Kier molecular flexibility index (Phi) is 6.91.